The van der Waals surface area contributed by atoms with E-state index in [2.05, 4.69) is 20.8 Å². The second kappa shape index (κ2) is 5.25. The first kappa shape index (κ1) is 14.9. The van der Waals surface area contributed by atoms with E-state index in [0.717, 1.165) is 19.3 Å². The molecule has 1 rings (SSSR count). The van der Waals surface area contributed by atoms with Gasteiger partial charge in [-0.2, -0.15) is 0 Å². The van der Waals surface area contributed by atoms with Crippen LogP contribution in [0.2, 0.25) is 0 Å². The third kappa shape index (κ3) is 3.94. The van der Waals surface area contributed by atoms with Crippen LogP contribution in [-0.2, 0) is 4.74 Å². The lowest BCUT2D eigenvalue weighted by atomic mass is 9.67. The van der Waals surface area contributed by atoms with Gasteiger partial charge >= 0.3 is 0 Å². The van der Waals surface area contributed by atoms with Crippen molar-refractivity contribution in [3.8, 4) is 0 Å². The van der Waals surface area contributed by atoms with Crippen LogP contribution in [-0.4, -0.2) is 28.2 Å². The van der Waals surface area contributed by atoms with E-state index in [1.165, 1.54) is 6.42 Å². The summed E-state index contributed by atoms with van der Waals surface area (Å²) < 4.78 is 5.61. The lowest BCUT2D eigenvalue weighted by molar-refractivity contribution is -0.230. The Morgan fingerprint density at radius 3 is 2.41 bits per heavy atom. The third-order valence-corrected chi connectivity index (χ3v) is 4.29. The lowest BCUT2D eigenvalue weighted by Gasteiger charge is -2.42. The zero-order chi connectivity index (χ0) is 13.3. The highest BCUT2D eigenvalue weighted by atomic mass is 16.6. The smallest absolute Gasteiger partial charge is 0.183 e. The molecule has 0 heterocycles. The second-order valence-electron chi connectivity index (χ2n) is 6.67. The molecular weight excluding hydrogens is 216 g/mol. The fourth-order valence-corrected chi connectivity index (χ4v) is 2.45. The molecule has 3 atom stereocenters. The van der Waals surface area contributed by atoms with Crippen LogP contribution in [0.5, 0.6) is 0 Å². The highest BCUT2D eigenvalue weighted by Crippen LogP contribution is 2.43. The number of aliphatic hydroxyl groups is 2. The molecule has 17 heavy (non-hydrogen) atoms. The quantitative estimate of drug-likeness (QED) is 0.748. The Labute approximate surface area is 105 Å². The van der Waals surface area contributed by atoms with Gasteiger partial charge in [-0.1, -0.05) is 27.2 Å². The fourth-order valence-electron chi connectivity index (χ4n) is 2.45. The van der Waals surface area contributed by atoms with E-state index in [1.807, 2.05) is 0 Å². The second-order valence-corrected chi connectivity index (χ2v) is 6.67. The van der Waals surface area contributed by atoms with Gasteiger partial charge < -0.3 is 14.9 Å². The molecule has 0 spiro atoms. The molecule has 2 N–H and O–H groups in total. The molecular formula is C14H28O3. The minimum absolute atomic E-state index is 0.0672. The molecule has 3 nitrogen and oxygen atoms in total. The predicted octanol–water partition coefficient (Wildman–Crippen LogP) is 2.70. The average Bonchev–Trinajstić information content (AvgIpc) is 2.16. The van der Waals surface area contributed by atoms with Crippen molar-refractivity contribution in [2.24, 2.45) is 11.3 Å². The van der Waals surface area contributed by atoms with E-state index in [0.29, 0.717) is 11.3 Å². The summed E-state index contributed by atoms with van der Waals surface area (Å²) in [4.78, 5) is 0. The normalized spacial score (nSPS) is 32.8. The summed E-state index contributed by atoms with van der Waals surface area (Å²) in [5.74, 6) is 0.619. The Balaban J connectivity index is 2.56. The molecule has 0 saturated heterocycles. The van der Waals surface area contributed by atoms with Gasteiger partial charge in [0.05, 0.1) is 6.10 Å². The van der Waals surface area contributed by atoms with E-state index in [4.69, 9.17) is 4.74 Å². The van der Waals surface area contributed by atoms with Gasteiger partial charge in [0.15, 0.2) is 6.29 Å². The SMILES string of the molecule is CC(C)C1(C)CCCC(OC(O)C(C)(C)O)C1. The monoisotopic (exact) mass is 244 g/mol. The summed E-state index contributed by atoms with van der Waals surface area (Å²) in [7, 11) is 0. The summed E-state index contributed by atoms with van der Waals surface area (Å²) in [6, 6.07) is 0. The largest absolute Gasteiger partial charge is 0.385 e. The van der Waals surface area contributed by atoms with Crippen molar-refractivity contribution in [3.63, 3.8) is 0 Å². The number of hydrogen-bond acceptors (Lipinski definition) is 3. The maximum absolute atomic E-state index is 9.77. The zero-order valence-electron chi connectivity index (χ0n) is 11.9. The third-order valence-electron chi connectivity index (χ3n) is 4.29. The number of aliphatic hydroxyl groups excluding tert-OH is 1. The molecule has 0 aliphatic heterocycles. The molecule has 3 heteroatoms. The van der Waals surface area contributed by atoms with E-state index in [1.54, 1.807) is 13.8 Å². The maximum atomic E-state index is 9.77. The Kier molecular flexibility index (Phi) is 4.61. The topological polar surface area (TPSA) is 49.7 Å². The van der Waals surface area contributed by atoms with Crippen LogP contribution in [0.4, 0.5) is 0 Å². The van der Waals surface area contributed by atoms with E-state index < -0.39 is 11.9 Å². The van der Waals surface area contributed by atoms with Crippen LogP contribution < -0.4 is 0 Å². The molecule has 3 unspecified atom stereocenters. The molecule has 0 amide bonds. The minimum Gasteiger partial charge on any atom is -0.385 e. The Bertz CT molecular complexity index is 244. The fraction of sp³-hybridized carbons (Fsp3) is 1.00. The van der Waals surface area contributed by atoms with Crippen molar-refractivity contribution in [1.82, 2.24) is 0 Å². The van der Waals surface area contributed by atoms with Gasteiger partial charge in [0, 0.05) is 0 Å². The van der Waals surface area contributed by atoms with Crippen molar-refractivity contribution in [2.45, 2.75) is 78.3 Å². The van der Waals surface area contributed by atoms with E-state index >= 15 is 0 Å². The summed E-state index contributed by atoms with van der Waals surface area (Å²) in [6.07, 6.45) is 3.29. The molecule has 1 saturated carbocycles. The van der Waals surface area contributed by atoms with Crippen molar-refractivity contribution < 1.29 is 14.9 Å². The standard InChI is InChI=1S/C14H28O3/c1-10(2)14(5)8-6-7-11(9-14)17-12(15)13(3,4)16/h10-12,15-16H,6-9H2,1-5H3. The van der Waals surface area contributed by atoms with Gasteiger partial charge in [0.1, 0.15) is 5.60 Å². The number of rotatable bonds is 4. The molecule has 0 aromatic heterocycles. The molecule has 0 bridgehead atoms. The van der Waals surface area contributed by atoms with Crippen LogP contribution in [0.15, 0.2) is 0 Å². The minimum atomic E-state index is -1.19. The Hall–Kier alpha value is -0.120. The van der Waals surface area contributed by atoms with Gasteiger partial charge in [-0.25, -0.2) is 0 Å². The van der Waals surface area contributed by atoms with E-state index in [-0.39, 0.29) is 6.10 Å². The molecule has 0 aromatic rings. The van der Waals surface area contributed by atoms with Gasteiger partial charge in [0.2, 0.25) is 0 Å². The summed E-state index contributed by atoms with van der Waals surface area (Å²) in [5.41, 5.74) is -0.895. The van der Waals surface area contributed by atoms with Crippen LogP contribution in [0.1, 0.15) is 60.3 Å². The summed E-state index contributed by atoms with van der Waals surface area (Å²) in [6.45, 7) is 9.93. The zero-order valence-corrected chi connectivity index (χ0v) is 11.9. The van der Waals surface area contributed by atoms with E-state index in [9.17, 15) is 10.2 Å². The van der Waals surface area contributed by atoms with Gasteiger partial charge in [-0.05, 0) is 44.4 Å². The van der Waals surface area contributed by atoms with Crippen LogP contribution in [0, 0.1) is 11.3 Å². The van der Waals surface area contributed by atoms with Gasteiger partial charge in [-0.15, -0.1) is 0 Å². The molecule has 102 valence electrons. The first-order valence-electron chi connectivity index (χ1n) is 6.71. The van der Waals surface area contributed by atoms with Crippen LogP contribution in [0.3, 0.4) is 0 Å². The first-order chi connectivity index (χ1) is 7.65. The first-order valence-corrected chi connectivity index (χ1v) is 6.71. The molecule has 1 aliphatic rings. The highest BCUT2D eigenvalue weighted by Gasteiger charge is 2.37. The van der Waals surface area contributed by atoms with Crippen molar-refractivity contribution in [3.05, 3.63) is 0 Å². The average molecular weight is 244 g/mol. The highest BCUT2D eigenvalue weighted by molar-refractivity contribution is 4.86. The van der Waals surface area contributed by atoms with Crippen molar-refractivity contribution >= 4 is 0 Å². The van der Waals surface area contributed by atoms with Gasteiger partial charge in [-0.3, -0.25) is 0 Å². The predicted molar refractivity (Wildman–Crippen MR) is 68.6 cm³/mol. The van der Waals surface area contributed by atoms with Crippen LogP contribution in [0.25, 0.3) is 0 Å². The lowest BCUT2D eigenvalue weighted by Crippen LogP contribution is -2.43. The Morgan fingerprint density at radius 1 is 1.35 bits per heavy atom. The Morgan fingerprint density at radius 2 is 1.94 bits per heavy atom. The van der Waals surface area contributed by atoms with Gasteiger partial charge in [0.25, 0.3) is 0 Å². The molecule has 0 radical (unpaired) electrons. The van der Waals surface area contributed by atoms with Crippen LogP contribution >= 0.6 is 0 Å². The van der Waals surface area contributed by atoms with Crippen molar-refractivity contribution in [2.75, 3.05) is 0 Å². The molecule has 1 fully saturated rings. The number of ether oxygens (including phenoxy) is 1. The molecule has 0 aromatic carbocycles. The number of hydrogen-bond donors (Lipinski definition) is 2. The summed E-state index contributed by atoms with van der Waals surface area (Å²) >= 11 is 0. The molecule has 1 aliphatic carbocycles. The van der Waals surface area contributed by atoms with Crippen molar-refractivity contribution in [1.29, 1.82) is 0 Å². The maximum Gasteiger partial charge on any atom is 0.183 e. The summed E-state index contributed by atoms with van der Waals surface area (Å²) in [5, 5.41) is 19.5.